The summed E-state index contributed by atoms with van der Waals surface area (Å²) < 4.78 is 7.50. The molecule has 0 fully saturated rings. The first-order valence-electron chi connectivity index (χ1n) is 9.41. The fourth-order valence-electron chi connectivity index (χ4n) is 3.01. The van der Waals surface area contributed by atoms with Crippen molar-refractivity contribution in [2.24, 2.45) is 0 Å². The van der Waals surface area contributed by atoms with E-state index in [-0.39, 0.29) is 18.6 Å². The van der Waals surface area contributed by atoms with E-state index < -0.39 is 0 Å². The van der Waals surface area contributed by atoms with Crippen LogP contribution in [0.4, 0.5) is 0 Å². The van der Waals surface area contributed by atoms with Crippen molar-refractivity contribution in [1.82, 2.24) is 20.1 Å². The van der Waals surface area contributed by atoms with Crippen LogP contribution in [-0.2, 0) is 4.79 Å². The van der Waals surface area contributed by atoms with Gasteiger partial charge in [-0.1, -0.05) is 38.1 Å². The number of carbonyl (C=O) groups excluding carboxylic acids is 1. The van der Waals surface area contributed by atoms with Gasteiger partial charge in [0.1, 0.15) is 18.4 Å². The van der Waals surface area contributed by atoms with E-state index in [1.54, 1.807) is 11.0 Å². The highest BCUT2D eigenvalue weighted by Crippen LogP contribution is 2.27. The highest BCUT2D eigenvalue weighted by molar-refractivity contribution is 5.78. The van der Waals surface area contributed by atoms with E-state index in [1.165, 1.54) is 6.33 Å². The summed E-state index contributed by atoms with van der Waals surface area (Å²) in [5, 5.41) is 7.09. The Bertz CT molecular complexity index is 918. The Hall–Kier alpha value is -3.15. The molecule has 1 atom stereocenters. The van der Waals surface area contributed by atoms with E-state index in [4.69, 9.17) is 4.74 Å². The molecule has 0 aliphatic carbocycles. The molecule has 0 bridgehead atoms. The second-order valence-corrected chi connectivity index (χ2v) is 7.21. The molecule has 3 rings (SSSR count). The van der Waals surface area contributed by atoms with Crippen molar-refractivity contribution in [2.45, 2.75) is 39.7 Å². The first kappa shape index (κ1) is 19.6. The Balaban J connectivity index is 1.58. The Morgan fingerprint density at radius 3 is 2.54 bits per heavy atom. The number of hydrogen-bond donors (Lipinski definition) is 1. The minimum Gasteiger partial charge on any atom is -0.483 e. The number of aromatic nitrogens is 3. The summed E-state index contributed by atoms with van der Waals surface area (Å²) in [7, 11) is 0. The van der Waals surface area contributed by atoms with Crippen LogP contribution in [0.15, 0.2) is 55.1 Å². The van der Waals surface area contributed by atoms with Crippen LogP contribution in [0.5, 0.6) is 5.75 Å². The molecule has 2 aromatic carbocycles. The number of rotatable bonds is 7. The summed E-state index contributed by atoms with van der Waals surface area (Å²) in [4.78, 5) is 16.3. The van der Waals surface area contributed by atoms with Crippen molar-refractivity contribution in [3.05, 3.63) is 71.8 Å². The monoisotopic (exact) mass is 378 g/mol. The molecule has 0 aliphatic rings. The third-order valence-corrected chi connectivity index (χ3v) is 4.60. The van der Waals surface area contributed by atoms with Crippen molar-refractivity contribution in [3.63, 3.8) is 0 Å². The second-order valence-electron chi connectivity index (χ2n) is 7.21. The molecule has 146 valence electrons. The lowest BCUT2D eigenvalue weighted by molar-refractivity contribution is -0.123. The Morgan fingerprint density at radius 1 is 1.14 bits per heavy atom. The maximum atomic E-state index is 12.4. The normalized spacial score (nSPS) is 12.0. The van der Waals surface area contributed by atoms with Gasteiger partial charge in [0.2, 0.25) is 0 Å². The van der Waals surface area contributed by atoms with Crippen LogP contribution >= 0.6 is 0 Å². The third kappa shape index (κ3) is 4.76. The summed E-state index contributed by atoms with van der Waals surface area (Å²) in [5.41, 5.74) is 4.15. The smallest absolute Gasteiger partial charge is 0.258 e. The molecular formula is C22H26N4O2. The van der Waals surface area contributed by atoms with E-state index in [1.807, 2.05) is 44.2 Å². The number of aryl methyl sites for hydroxylation is 1. The zero-order chi connectivity index (χ0) is 20.1. The van der Waals surface area contributed by atoms with Gasteiger partial charge in [-0.05, 0) is 54.7 Å². The molecule has 1 amide bonds. The largest absolute Gasteiger partial charge is 0.483 e. The molecule has 0 unspecified atom stereocenters. The first-order valence-corrected chi connectivity index (χ1v) is 9.41. The maximum Gasteiger partial charge on any atom is 0.258 e. The average Bonchev–Trinajstić information content (AvgIpc) is 3.21. The summed E-state index contributed by atoms with van der Waals surface area (Å²) in [6.07, 6.45) is 3.14. The molecule has 0 saturated carbocycles. The molecule has 3 aromatic rings. The van der Waals surface area contributed by atoms with Gasteiger partial charge in [-0.3, -0.25) is 4.79 Å². The fraction of sp³-hybridized carbons (Fsp3) is 0.318. The highest BCUT2D eigenvalue weighted by Gasteiger charge is 2.13. The zero-order valence-corrected chi connectivity index (χ0v) is 16.7. The minimum atomic E-state index is -0.149. The van der Waals surface area contributed by atoms with E-state index >= 15 is 0 Å². The standard InChI is InChI=1S/C22H26N4O2/c1-15(2)20-10-5-16(3)11-21(20)28-12-22(27)25-17(4)18-6-8-19(9-7-18)26-14-23-13-24-26/h5-11,13-15,17H,12H2,1-4H3,(H,25,27)/t17-/m0/s1. The van der Waals surface area contributed by atoms with E-state index in [0.717, 1.165) is 28.1 Å². The van der Waals surface area contributed by atoms with Crippen molar-refractivity contribution in [3.8, 4) is 11.4 Å². The van der Waals surface area contributed by atoms with Crippen LogP contribution in [0.25, 0.3) is 5.69 Å². The molecule has 0 saturated heterocycles. The predicted molar refractivity (Wildman–Crippen MR) is 109 cm³/mol. The minimum absolute atomic E-state index is 0.00937. The predicted octanol–water partition coefficient (Wildman–Crippen LogP) is 3.96. The molecule has 6 heteroatoms. The number of benzene rings is 2. The lowest BCUT2D eigenvalue weighted by Crippen LogP contribution is -2.31. The van der Waals surface area contributed by atoms with Crippen LogP contribution < -0.4 is 10.1 Å². The molecule has 0 aliphatic heterocycles. The van der Waals surface area contributed by atoms with Gasteiger partial charge >= 0.3 is 0 Å². The van der Waals surface area contributed by atoms with Gasteiger partial charge < -0.3 is 10.1 Å². The second kappa shape index (κ2) is 8.69. The van der Waals surface area contributed by atoms with Crippen LogP contribution in [0, 0.1) is 6.92 Å². The third-order valence-electron chi connectivity index (χ3n) is 4.60. The van der Waals surface area contributed by atoms with Gasteiger partial charge in [-0.15, -0.1) is 0 Å². The molecule has 1 heterocycles. The van der Waals surface area contributed by atoms with Crippen molar-refractivity contribution < 1.29 is 9.53 Å². The van der Waals surface area contributed by atoms with Gasteiger partial charge in [0.15, 0.2) is 6.61 Å². The molecule has 0 radical (unpaired) electrons. The average molecular weight is 378 g/mol. The van der Waals surface area contributed by atoms with E-state index in [9.17, 15) is 4.79 Å². The molecule has 1 N–H and O–H groups in total. The van der Waals surface area contributed by atoms with Crippen LogP contribution in [0.2, 0.25) is 0 Å². The van der Waals surface area contributed by atoms with Gasteiger partial charge in [0.25, 0.3) is 5.91 Å². The number of carbonyl (C=O) groups is 1. The van der Waals surface area contributed by atoms with Crippen molar-refractivity contribution >= 4 is 5.91 Å². The molecule has 0 spiro atoms. The molecule has 28 heavy (non-hydrogen) atoms. The van der Waals surface area contributed by atoms with Gasteiger partial charge in [0.05, 0.1) is 11.7 Å². The van der Waals surface area contributed by atoms with Crippen LogP contribution in [0.1, 0.15) is 49.4 Å². The van der Waals surface area contributed by atoms with Gasteiger partial charge in [0, 0.05) is 0 Å². The maximum absolute atomic E-state index is 12.4. The van der Waals surface area contributed by atoms with Crippen molar-refractivity contribution in [2.75, 3.05) is 6.61 Å². The molecule has 6 nitrogen and oxygen atoms in total. The number of ether oxygens (including phenoxy) is 1. The summed E-state index contributed by atoms with van der Waals surface area (Å²) in [5.74, 6) is 0.958. The van der Waals surface area contributed by atoms with Crippen LogP contribution in [-0.4, -0.2) is 27.3 Å². The number of nitrogens with one attached hydrogen (secondary N) is 1. The number of amides is 1. The number of hydrogen-bond acceptors (Lipinski definition) is 4. The molecular weight excluding hydrogens is 352 g/mol. The topological polar surface area (TPSA) is 69.0 Å². The van der Waals surface area contributed by atoms with E-state index in [0.29, 0.717) is 5.92 Å². The fourth-order valence-corrected chi connectivity index (χ4v) is 3.01. The van der Waals surface area contributed by atoms with Crippen molar-refractivity contribution in [1.29, 1.82) is 0 Å². The highest BCUT2D eigenvalue weighted by atomic mass is 16.5. The Kier molecular flexibility index (Phi) is 6.09. The summed E-state index contributed by atoms with van der Waals surface area (Å²) in [6, 6.07) is 13.8. The van der Waals surface area contributed by atoms with Gasteiger partial charge in [-0.25, -0.2) is 9.67 Å². The SMILES string of the molecule is Cc1ccc(C(C)C)c(OCC(=O)N[C@@H](C)c2ccc(-n3cncn3)cc2)c1. The summed E-state index contributed by atoms with van der Waals surface area (Å²) >= 11 is 0. The molecule has 1 aromatic heterocycles. The lowest BCUT2D eigenvalue weighted by atomic mass is 10.0. The lowest BCUT2D eigenvalue weighted by Gasteiger charge is -2.17. The zero-order valence-electron chi connectivity index (χ0n) is 16.7. The quantitative estimate of drug-likeness (QED) is 0.676. The summed E-state index contributed by atoms with van der Waals surface area (Å²) in [6.45, 7) is 8.19. The van der Waals surface area contributed by atoms with E-state index in [2.05, 4.69) is 41.4 Å². The Labute approximate surface area is 165 Å². The van der Waals surface area contributed by atoms with Gasteiger partial charge in [-0.2, -0.15) is 5.10 Å². The van der Waals surface area contributed by atoms with Crippen LogP contribution in [0.3, 0.4) is 0 Å². The first-order chi connectivity index (χ1) is 13.4. The number of nitrogens with zero attached hydrogens (tertiary/aromatic N) is 3. The Morgan fingerprint density at radius 2 is 1.89 bits per heavy atom.